The summed E-state index contributed by atoms with van der Waals surface area (Å²) in [5.74, 6) is 0. The van der Waals surface area contributed by atoms with Crippen LogP contribution in [-0.2, 0) is 0 Å². The highest BCUT2D eigenvalue weighted by molar-refractivity contribution is 4.87. The molecular weight excluding hydrogens is 170 g/mol. The molecule has 1 aliphatic heterocycles. The Morgan fingerprint density at radius 3 is 2.86 bits per heavy atom. The lowest BCUT2D eigenvalue weighted by Crippen LogP contribution is -2.37. The van der Waals surface area contributed by atoms with Crippen LogP contribution in [0.15, 0.2) is 12.2 Å². The maximum absolute atomic E-state index is 2.60. The second-order valence-electron chi connectivity index (χ2n) is 4.45. The van der Waals surface area contributed by atoms with Crippen LogP contribution in [0, 0.1) is 0 Å². The van der Waals surface area contributed by atoms with E-state index >= 15 is 0 Å². The van der Waals surface area contributed by atoms with E-state index in [1.807, 2.05) is 0 Å². The summed E-state index contributed by atoms with van der Waals surface area (Å²) < 4.78 is 0. The second-order valence-corrected chi connectivity index (χ2v) is 4.45. The molecule has 1 heterocycles. The van der Waals surface area contributed by atoms with Gasteiger partial charge in [-0.15, -0.1) is 0 Å². The molecule has 0 aromatic carbocycles. The minimum atomic E-state index is 0.805. The molecule has 0 N–H and O–H groups in total. The van der Waals surface area contributed by atoms with Gasteiger partial charge in [-0.1, -0.05) is 38.3 Å². The minimum absolute atomic E-state index is 0.805. The molecule has 1 atom stereocenters. The topological polar surface area (TPSA) is 3.24 Å². The number of nitrogens with zero attached hydrogens (tertiary/aromatic N) is 1. The summed E-state index contributed by atoms with van der Waals surface area (Å²) in [5, 5.41) is 0. The number of allylic oxidation sites excluding steroid dienone is 1. The van der Waals surface area contributed by atoms with Gasteiger partial charge in [0, 0.05) is 12.6 Å². The third kappa shape index (κ3) is 4.28. The van der Waals surface area contributed by atoms with Crippen LogP contribution in [0.4, 0.5) is 0 Å². The predicted octanol–water partition coefficient (Wildman–Crippen LogP) is 3.61. The number of hydrogen-bond acceptors (Lipinski definition) is 1. The van der Waals surface area contributed by atoms with Crippen molar-refractivity contribution in [1.82, 2.24) is 4.90 Å². The van der Waals surface area contributed by atoms with Gasteiger partial charge in [-0.2, -0.15) is 0 Å². The van der Waals surface area contributed by atoms with Crippen LogP contribution in [0.2, 0.25) is 0 Å². The molecule has 14 heavy (non-hydrogen) atoms. The zero-order chi connectivity index (χ0) is 10.2. The van der Waals surface area contributed by atoms with Gasteiger partial charge >= 0.3 is 0 Å². The summed E-state index contributed by atoms with van der Waals surface area (Å²) in [5.41, 5.74) is 0. The van der Waals surface area contributed by atoms with Crippen LogP contribution in [-0.4, -0.2) is 24.0 Å². The molecule has 1 saturated heterocycles. The normalized spacial score (nSPS) is 24.6. The van der Waals surface area contributed by atoms with Crippen LogP contribution in [0.5, 0.6) is 0 Å². The van der Waals surface area contributed by atoms with Crippen LogP contribution < -0.4 is 0 Å². The van der Waals surface area contributed by atoms with E-state index in [1.165, 1.54) is 51.6 Å². The first-order valence-corrected chi connectivity index (χ1v) is 6.23. The summed E-state index contributed by atoms with van der Waals surface area (Å²) >= 11 is 0. The van der Waals surface area contributed by atoms with E-state index in [1.54, 1.807) is 0 Å². The van der Waals surface area contributed by atoms with Crippen LogP contribution in [0.1, 0.15) is 52.4 Å². The number of rotatable bonds is 5. The second kappa shape index (κ2) is 7.05. The van der Waals surface area contributed by atoms with Crippen molar-refractivity contribution in [2.24, 2.45) is 0 Å². The van der Waals surface area contributed by atoms with E-state index in [2.05, 4.69) is 30.9 Å². The lowest BCUT2D eigenvalue weighted by molar-refractivity contribution is 0.179. The molecule has 0 spiro atoms. The highest BCUT2D eigenvalue weighted by Gasteiger charge is 2.15. The average Bonchev–Trinajstić information content (AvgIpc) is 2.20. The lowest BCUT2D eigenvalue weighted by Gasteiger charge is -2.32. The first kappa shape index (κ1) is 11.8. The molecule has 1 fully saturated rings. The van der Waals surface area contributed by atoms with Crippen molar-refractivity contribution in [1.29, 1.82) is 0 Å². The number of piperidine rings is 1. The monoisotopic (exact) mass is 195 g/mol. The first-order valence-electron chi connectivity index (χ1n) is 6.23. The van der Waals surface area contributed by atoms with Crippen molar-refractivity contribution in [2.75, 3.05) is 13.1 Å². The third-order valence-electron chi connectivity index (χ3n) is 3.17. The maximum atomic E-state index is 2.60. The Balaban J connectivity index is 2.12. The van der Waals surface area contributed by atoms with Gasteiger partial charge in [0.15, 0.2) is 0 Å². The maximum Gasteiger partial charge on any atom is 0.0166 e. The molecule has 1 heteroatoms. The largest absolute Gasteiger partial charge is 0.297 e. The molecule has 0 saturated carbocycles. The smallest absolute Gasteiger partial charge is 0.0166 e. The van der Waals surface area contributed by atoms with Gasteiger partial charge in [-0.25, -0.2) is 0 Å². The Kier molecular flexibility index (Phi) is 5.93. The molecule has 0 amide bonds. The predicted molar refractivity (Wildman–Crippen MR) is 63.6 cm³/mol. The fourth-order valence-electron chi connectivity index (χ4n) is 2.08. The molecular formula is C13H25N. The summed E-state index contributed by atoms with van der Waals surface area (Å²) in [6.45, 7) is 7.09. The molecule has 1 rings (SSSR count). The van der Waals surface area contributed by atoms with E-state index < -0.39 is 0 Å². The molecule has 0 aromatic heterocycles. The molecule has 1 aliphatic rings. The van der Waals surface area contributed by atoms with Gasteiger partial charge in [0.1, 0.15) is 0 Å². The highest BCUT2D eigenvalue weighted by Crippen LogP contribution is 2.15. The van der Waals surface area contributed by atoms with Crippen molar-refractivity contribution < 1.29 is 0 Å². The summed E-state index contributed by atoms with van der Waals surface area (Å²) in [4.78, 5) is 2.60. The van der Waals surface area contributed by atoms with Crippen LogP contribution in [0.25, 0.3) is 0 Å². The highest BCUT2D eigenvalue weighted by atomic mass is 15.1. The van der Waals surface area contributed by atoms with Crippen molar-refractivity contribution >= 4 is 0 Å². The van der Waals surface area contributed by atoms with Gasteiger partial charge in [-0.05, 0) is 32.7 Å². The van der Waals surface area contributed by atoms with Gasteiger partial charge in [0.05, 0.1) is 0 Å². The zero-order valence-corrected chi connectivity index (χ0v) is 9.84. The minimum Gasteiger partial charge on any atom is -0.297 e. The quantitative estimate of drug-likeness (QED) is 0.478. The first-order chi connectivity index (χ1) is 6.84. The molecule has 1 nitrogen and oxygen atoms in total. The van der Waals surface area contributed by atoms with Crippen molar-refractivity contribution in [3.05, 3.63) is 12.2 Å². The number of unbranched alkanes of at least 4 members (excludes halogenated alkanes) is 2. The van der Waals surface area contributed by atoms with Crippen LogP contribution >= 0.6 is 0 Å². The summed E-state index contributed by atoms with van der Waals surface area (Å²) in [7, 11) is 0. The van der Waals surface area contributed by atoms with E-state index in [4.69, 9.17) is 0 Å². The standard InChI is InChI=1S/C13H25N/c1-3-4-5-6-8-11-14-12-9-7-10-13(14)2/h6,8,13H,3-5,7,9-12H2,1-2H3/t13-/m0/s1. The SMILES string of the molecule is CCCCC=CCN1CCCC[C@@H]1C. The van der Waals surface area contributed by atoms with E-state index in [0.29, 0.717) is 0 Å². The summed E-state index contributed by atoms with van der Waals surface area (Å²) in [6, 6.07) is 0.805. The Hall–Kier alpha value is -0.300. The van der Waals surface area contributed by atoms with Gasteiger partial charge in [0.2, 0.25) is 0 Å². The molecule has 0 aliphatic carbocycles. The Labute approximate surface area is 89.2 Å². The third-order valence-corrected chi connectivity index (χ3v) is 3.17. The van der Waals surface area contributed by atoms with Gasteiger partial charge in [0.25, 0.3) is 0 Å². The van der Waals surface area contributed by atoms with Gasteiger partial charge in [-0.3, -0.25) is 4.90 Å². The Morgan fingerprint density at radius 1 is 1.29 bits per heavy atom. The van der Waals surface area contributed by atoms with E-state index in [-0.39, 0.29) is 0 Å². The van der Waals surface area contributed by atoms with E-state index in [0.717, 1.165) is 6.04 Å². The lowest BCUT2D eigenvalue weighted by atomic mass is 10.0. The summed E-state index contributed by atoms with van der Waals surface area (Å²) in [6.07, 6.45) is 12.8. The molecule has 82 valence electrons. The molecule has 0 bridgehead atoms. The fraction of sp³-hybridized carbons (Fsp3) is 0.846. The van der Waals surface area contributed by atoms with Crippen molar-refractivity contribution in [2.45, 2.75) is 58.4 Å². The number of likely N-dealkylation sites (tertiary alicyclic amines) is 1. The molecule has 0 aromatic rings. The molecule has 0 unspecified atom stereocenters. The zero-order valence-electron chi connectivity index (χ0n) is 9.84. The van der Waals surface area contributed by atoms with Crippen molar-refractivity contribution in [3.63, 3.8) is 0 Å². The Bertz CT molecular complexity index is 163. The molecule has 0 radical (unpaired) electrons. The fourth-order valence-corrected chi connectivity index (χ4v) is 2.08. The number of hydrogen-bond donors (Lipinski definition) is 0. The Morgan fingerprint density at radius 2 is 2.14 bits per heavy atom. The average molecular weight is 195 g/mol. The van der Waals surface area contributed by atoms with Crippen molar-refractivity contribution in [3.8, 4) is 0 Å². The van der Waals surface area contributed by atoms with Crippen LogP contribution in [0.3, 0.4) is 0 Å². The van der Waals surface area contributed by atoms with E-state index in [9.17, 15) is 0 Å². The van der Waals surface area contributed by atoms with Gasteiger partial charge < -0.3 is 0 Å².